The third-order valence-electron chi connectivity index (χ3n) is 3.90. The predicted molar refractivity (Wildman–Crippen MR) is 102 cm³/mol. The van der Waals surface area contributed by atoms with Gasteiger partial charge in [0.25, 0.3) is 0 Å². The molecule has 0 aliphatic carbocycles. The fourth-order valence-corrected chi connectivity index (χ4v) is 3.14. The molecule has 5 heteroatoms. The maximum atomic E-state index is 5.68. The molecule has 1 heterocycles. The summed E-state index contributed by atoms with van der Waals surface area (Å²) in [5.41, 5.74) is 3.44. The SMILES string of the molecule is COCCCN(C(=S)Nc1cc(C)cc(C)c1)C(C)c1ccco1. The fourth-order valence-electron chi connectivity index (χ4n) is 2.78. The van der Waals surface area contributed by atoms with Crippen LogP contribution in [0.3, 0.4) is 0 Å². The molecule has 130 valence electrons. The normalized spacial score (nSPS) is 12.0. The second kappa shape index (κ2) is 8.85. The Hall–Kier alpha value is -1.85. The molecule has 0 saturated heterocycles. The number of ether oxygens (including phenoxy) is 1. The van der Waals surface area contributed by atoms with E-state index in [9.17, 15) is 0 Å². The van der Waals surface area contributed by atoms with E-state index >= 15 is 0 Å². The van der Waals surface area contributed by atoms with Crippen molar-refractivity contribution in [3.05, 3.63) is 53.5 Å². The number of thiocarbonyl (C=S) groups is 1. The number of nitrogens with zero attached hydrogens (tertiary/aromatic N) is 1. The van der Waals surface area contributed by atoms with Crippen LogP contribution in [-0.2, 0) is 4.74 Å². The van der Waals surface area contributed by atoms with Crippen LogP contribution in [0.25, 0.3) is 0 Å². The molecule has 24 heavy (non-hydrogen) atoms. The highest BCUT2D eigenvalue weighted by molar-refractivity contribution is 7.80. The summed E-state index contributed by atoms with van der Waals surface area (Å²) in [6.45, 7) is 7.77. The molecule has 2 rings (SSSR count). The van der Waals surface area contributed by atoms with Crippen molar-refractivity contribution in [1.29, 1.82) is 0 Å². The summed E-state index contributed by atoms with van der Waals surface area (Å²) in [7, 11) is 1.71. The molecule has 1 atom stereocenters. The minimum atomic E-state index is 0.0581. The first-order chi connectivity index (χ1) is 11.5. The molecule has 1 unspecified atom stereocenters. The van der Waals surface area contributed by atoms with Gasteiger partial charge in [-0.05, 0) is 74.8 Å². The average molecular weight is 346 g/mol. The van der Waals surface area contributed by atoms with Gasteiger partial charge in [-0.25, -0.2) is 0 Å². The molecule has 0 aliphatic heterocycles. The number of hydrogen-bond acceptors (Lipinski definition) is 3. The largest absolute Gasteiger partial charge is 0.467 e. The standard InChI is InChI=1S/C19H26N2O2S/c1-14-11-15(2)13-17(12-14)20-19(24)21(8-6-9-22-4)16(3)18-7-5-10-23-18/h5,7,10-13,16H,6,8-9H2,1-4H3,(H,20,24). The molecule has 0 spiro atoms. The van der Waals surface area contributed by atoms with E-state index in [2.05, 4.69) is 49.2 Å². The molecule has 1 aromatic heterocycles. The Morgan fingerprint density at radius 2 is 2.00 bits per heavy atom. The third-order valence-corrected chi connectivity index (χ3v) is 4.24. The van der Waals surface area contributed by atoms with Crippen molar-refractivity contribution in [3.63, 3.8) is 0 Å². The smallest absolute Gasteiger partial charge is 0.174 e. The lowest BCUT2D eigenvalue weighted by Gasteiger charge is -2.31. The lowest BCUT2D eigenvalue weighted by atomic mass is 10.1. The van der Waals surface area contributed by atoms with E-state index in [4.69, 9.17) is 21.4 Å². The van der Waals surface area contributed by atoms with Gasteiger partial charge in [0.1, 0.15) is 5.76 Å². The Bertz CT molecular complexity index is 635. The summed E-state index contributed by atoms with van der Waals surface area (Å²) in [5.74, 6) is 0.900. The third kappa shape index (κ3) is 5.08. The highest BCUT2D eigenvalue weighted by Gasteiger charge is 2.20. The van der Waals surface area contributed by atoms with Crippen LogP contribution in [-0.4, -0.2) is 30.3 Å². The van der Waals surface area contributed by atoms with Crippen molar-refractivity contribution in [2.45, 2.75) is 33.2 Å². The lowest BCUT2D eigenvalue weighted by Crippen LogP contribution is -2.37. The van der Waals surface area contributed by atoms with Gasteiger partial charge in [0.2, 0.25) is 0 Å². The predicted octanol–water partition coefficient (Wildman–Crippen LogP) is 4.69. The molecule has 0 aliphatic rings. The van der Waals surface area contributed by atoms with Crippen molar-refractivity contribution in [2.75, 3.05) is 25.6 Å². The quantitative estimate of drug-likeness (QED) is 0.581. The van der Waals surface area contributed by atoms with Gasteiger partial charge in [0.05, 0.1) is 12.3 Å². The number of benzene rings is 1. The zero-order valence-corrected chi connectivity index (χ0v) is 15.7. The van der Waals surface area contributed by atoms with Crippen LogP contribution in [0, 0.1) is 13.8 Å². The number of methoxy groups -OCH3 is 1. The summed E-state index contributed by atoms with van der Waals surface area (Å²) < 4.78 is 10.7. The Kier molecular flexibility index (Phi) is 6.82. The molecule has 0 amide bonds. The van der Waals surface area contributed by atoms with Crippen LogP contribution < -0.4 is 5.32 Å². The van der Waals surface area contributed by atoms with E-state index in [1.165, 1.54) is 11.1 Å². The van der Waals surface area contributed by atoms with E-state index < -0.39 is 0 Å². The number of aryl methyl sites for hydroxylation is 2. The maximum Gasteiger partial charge on any atom is 0.174 e. The Labute approximate surface area is 149 Å². The fraction of sp³-hybridized carbons (Fsp3) is 0.421. The van der Waals surface area contributed by atoms with Crippen LogP contribution >= 0.6 is 12.2 Å². The van der Waals surface area contributed by atoms with Gasteiger partial charge in [-0.15, -0.1) is 0 Å². The number of nitrogens with one attached hydrogen (secondary N) is 1. The first-order valence-corrected chi connectivity index (χ1v) is 8.60. The number of rotatable bonds is 7. The van der Waals surface area contributed by atoms with E-state index in [-0.39, 0.29) is 6.04 Å². The van der Waals surface area contributed by atoms with Gasteiger partial charge in [-0.1, -0.05) is 6.07 Å². The zero-order valence-electron chi connectivity index (χ0n) is 14.8. The summed E-state index contributed by atoms with van der Waals surface area (Å²) >= 11 is 5.68. The van der Waals surface area contributed by atoms with Crippen LogP contribution in [0.15, 0.2) is 41.0 Å². The van der Waals surface area contributed by atoms with Crippen molar-refractivity contribution in [3.8, 4) is 0 Å². The van der Waals surface area contributed by atoms with Crippen LogP contribution in [0.5, 0.6) is 0 Å². The van der Waals surface area contributed by atoms with Gasteiger partial charge in [-0.2, -0.15) is 0 Å². The molecule has 1 N–H and O–H groups in total. The number of anilines is 1. The summed E-state index contributed by atoms with van der Waals surface area (Å²) in [4.78, 5) is 2.14. The Balaban J connectivity index is 2.13. The molecule has 0 saturated carbocycles. The highest BCUT2D eigenvalue weighted by Crippen LogP contribution is 2.23. The monoisotopic (exact) mass is 346 g/mol. The van der Waals surface area contributed by atoms with Gasteiger partial charge in [0.15, 0.2) is 5.11 Å². The van der Waals surface area contributed by atoms with Gasteiger partial charge >= 0.3 is 0 Å². The second-order valence-corrected chi connectivity index (χ2v) is 6.42. The first-order valence-electron chi connectivity index (χ1n) is 8.19. The minimum Gasteiger partial charge on any atom is -0.467 e. The Morgan fingerprint density at radius 3 is 2.58 bits per heavy atom. The van der Waals surface area contributed by atoms with Crippen molar-refractivity contribution < 1.29 is 9.15 Å². The topological polar surface area (TPSA) is 37.6 Å². The van der Waals surface area contributed by atoms with Crippen LogP contribution in [0.1, 0.15) is 36.3 Å². The van der Waals surface area contributed by atoms with Gasteiger partial charge in [0, 0.05) is 25.9 Å². The summed E-state index contributed by atoms with van der Waals surface area (Å²) in [5, 5.41) is 4.06. The van der Waals surface area contributed by atoms with Crippen molar-refractivity contribution >= 4 is 23.0 Å². The van der Waals surface area contributed by atoms with E-state index in [1.54, 1.807) is 13.4 Å². The van der Waals surface area contributed by atoms with Gasteiger partial charge in [-0.3, -0.25) is 0 Å². The maximum absolute atomic E-state index is 5.68. The molecule has 0 fully saturated rings. The molecule has 1 aromatic carbocycles. The summed E-state index contributed by atoms with van der Waals surface area (Å²) in [6.07, 6.45) is 2.59. The van der Waals surface area contributed by atoms with E-state index in [1.807, 2.05) is 12.1 Å². The average Bonchev–Trinajstić information content (AvgIpc) is 3.04. The number of hydrogen-bond donors (Lipinski definition) is 1. The van der Waals surface area contributed by atoms with Gasteiger partial charge < -0.3 is 19.4 Å². The second-order valence-electron chi connectivity index (χ2n) is 6.04. The van der Waals surface area contributed by atoms with Crippen LogP contribution in [0.4, 0.5) is 5.69 Å². The number of furan rings is 1. The highest BCUT2D eigenvalue weighted by atomic mass is 32.1. The zero-order chi connectivity index (χ0) is 17.5. The summed E-state index contributed by atoms with van der Waals surface area (Å²) in [6, 6.07) is 10.3. The first kappa shape index (κ1) is 18.5. The Morgan fingerprint density at radius 1 is 1.29 bits per heavy atom. The molecule has 0 radical (unpaired) electrons. The van der Waals surface area contributed by atoms with Crippen LogP contribution in [0.2, 0.25) is 0 Å². The van der Waals surface area contributed by atoms with Crippen molar-refractivity contribution in [2.24, 2.45) is 0 Å². The molecule has 2 aromatic rings. The molecule has 4 nitrogen and oxygen atoms in total. The minimum absolute atomic E-state index is 0.0581. The van der Waals surface area contributed by atoms with E-state index in [0.717, 1.165) is 24.4 Å². The van der Waals surface area contributed by atoms with Crippen molar-refractivity contribution in [1.82, 2.24) is 4.90 Å². The molecule has 0 bridgehead atoms. The van der Waals surface area contributed by atoms with E-state index in [0.29, 0.717) is 11.7 Å². The molecular weight excluding hydrogens is 320 g/mol. The lowest BCUT2D eigenvalue weighted by molar-refractivity contribution is 0.178. The molecular formula is C19H26N2O2S.